The van der Waals surface area contributed by atoms with Crippen molar-refractivity contribution in [2.45, 2.75) is 66.2 Å². The molecule has 0 saturated carbocycles. The summed E-state index contributed by atoms with van der Waals surface area (Å²) >= 11 is 0. The first-order chi connectivity index (χ1) is 20.0. The van der Waals surface area contributed by atoms with Crippen molar-refractivity contribution in [3.63, 3.8) is 0 Å². The fourth-order valence-corrected chi connectivity index (χ4v) is 6.11. The average Bonchev–Trinajstić information content (AvgIpc) is 3.37. The molecule has 1 radical (unpaired) electrons. The summed E-state index contributed by atoms with van der Waals surface area (Å²) in [6.45, 7) is 10.2. The molecular weight excluding hydrogens is 585 g/mol. The Bertz CT molecular complexity index is 1440. The summed E-state index contributed by atoms with van der Waals surface area (Å²) in [6, 6.07) is 10.7. The average molecular weight is 622 g/mol. The van der Waals surface area contributed by atoms with Crippen molar-refractivity contribution in [2.24, 2.45) is 17.3 Å². The predicted molar refractivity (Wildman–Crippen MR) is 156 cm³/mol. The van der Waals surface area contributed by atoms with Gasteiger partial charge in [-0.1, -0.05) is 70.0 Å². The standard InChI is InChI=1S/C27H36F3N8O4Si/c1-16(2)26(42-43(6)7,22(25(3,4)5)27(28,29)30)33-20(39)15-38-19(17-11-9-8-10-12-17)14-13-18(21(38)40)31-24(41)32-23-34-36-37-35-23/h8-14,16,22H,15H2,1-7H3,(H,33,39)(H3,31,32,34,35,36,37,41). The lowest BCUT2D eigenvalue weighted by Crippen LogP contribution is -2.67. The Labute approximate surface area is 248 Å². The Morgan fingerprint density at radius 1 is 1.05 bits per heavy atom. The van der Waals surface area contributed by atoms with Crippen LogP contribution in [0.15, 0.2) is 47.3 Å². The van der Waals surface area contributed by atoms with Crippen LogP contribution in [0, 0.1) is 17.3 Å². The van der Waals surface area contributed by atoms with Gasteiger partial charge in [-0.05, 0) is 41.4 Å². The summed E-state index contributed by atoms with van der Waals surface area (Å²) in [5, 5.41) is 20.0. The molecule has 3 amide bonds. The van der Waals surface area contributed by atoms with Crippen molar-refractivity contribution >= 4 is 32.6 Å². The van der Waals surface area contributed by atoms with E-state index in [-0.39, 0.29) is 11.6 Å². The van der Waals surface area contributed by atoms with Gasteiger partial charge in [-0.25, -0.2) is 4.79 Å². The zero-order valence-electron chi connectivity index (χ0n) is 25.0. The molecular formula is C27H36F3N8O4Si. The van der Waals surface area contributed by atoms with Crippen molar-refractivity contribution in [1.82, 2.24) is 30.5 Å². The third-order valence-electron chi connectivity index (χ3n) is 6.55. The van der Waals surface area contributed by atoms with E-state index in [1.54, 1.807) is 57.3 Å². The Morgan fingerprint density at radius 2 is 1.70 bits per heavy atom. The maximum atomic E-state index is 14.7. The highest BCUT2D eigenvalue weighted by Crippen LogP contribution is 2.49. The van der Waals surface area contributed by atoms with Gasteiger partial charge in [0.05, 0.1) is 5.69 Å². The summed E-state index contributed by atoms with van der Waals surface area (Å²) in [5.74, 6) is -3.89. The van der Waals surface area contributed by atoms with Crippen LogP contribution < -0.4 is 21.5 Å². The van der Waals surface area contributed by atoms with Crippen LogP contribution in [0.3, 0.4) is 0 Å². The molecule has 233 valence electrons. The fourth-order valence-electron chi connectivity index (χ4n) is 5.03. The molecule has 2 atom stereocenters. The molecule has 0 aliphatic carbocycles. The molecule has 1 aromatic carbocycles. The van der Waals surface area contributed by atoms with Gasteiger partial charge >= 0.3 is 12.2 Å². The van der Waals surface area contributed by atoms with Crippen LogP contribution in [0.25, 0.3) is 11.3 Å². The van der Waals surface area contributed by atoms with Gasteiger partial charge in [-0.3, -0.25) is 19.5 Å². The van der Waals surface area contributed by atoms with Crippen molar-refractivity contribution < 1.29 is 27.2 Å². The molecule has 0 aliphatic rings. The van der Waals surface area contributed by atoms with Crippen LogP contribution in [0.5, 0.6) is 0 Å². The molecule has 3 rings (SSSR count). The number of amides is 3. The molecule has 0 fully saturated rings. The van der Waals surface area contributed by atoms with Crippen molar-refractivity contribution in [2.75, 3.05) is 10.6 Å². The van der Waals surface area contributed by atoms with Crippen molar-refractivity contribution in [1.29, 1.82) is 0 Å². The number of nitrogens with one attached hydrogen (secondary N) is 4. The first-order valence-electron chi connectivity index (χ1n) is 13.4. The number of urea groups is 1. The molecule has 2 unspecified atom stereocenters. The van der Waals surface area contributed by atoms with E-state index in [1.807, 2.05) is 0 Å². The van der Waals surface area contributed by atoms with E-state index in [0.29, 0.717) is 11.3 Å². The number of benzene rings is 1. The zero-order chi connectivity index (χ0) is 32.2. The first-order valence-corrected chi connectivity index (χ1v) is 15.8. The van der Waals surface area contributed by atoms with Crippen LogP contribution in [0.1, 0.15) is 34.6 Å². The number of anilines is 2. The third-order valence-corrected chi connectivity index (χ3v) is 7.30. The largest absolute Gasteiger partial charge is 0.396 e. The Balaban J connectivity index is 2.07. The van der Waals surface area contributed by atoms with Gasteiger partial charge in [0.25, 0.3) is 11.5 Å². The number of rotatable bonds is 10. The third kappa shape index (κ3) is 8.07. The molecule has 16 heteroatoms. The molecule has 0 aliphatic heterocycles. The van der Waals surface area contributed by atoms with Gasteiger partial charge in [-0.2, -0.15) is 18.4 Å². The van der Waals surface area contributed by atoms with Gasteiger partial charge in [0.1, 0.15) is 23.9 Å². The Hall–Kier alpha value is -4.05. The number of tetrazole rings is 1. The molecule has 4 N–H and O–H groups in total. The van der Waals surface area contributed by atoms with Gasteiger partial charge in [0, 0.05) is 5.92 Å². The van der Waals surface area contributed by atoms with Crippen LogP contribution in [0.2, 0.25) is 13.1 Å². The quantitative estimate of drug-likeness (QED) is 0.190. The topological polar surface area (TPSA) is 156 Å². The number of aromatic amines is 1. The minimum Gasteiger partial charge on any atom is -0.394 e. The van der Waals surface area contributed by atoms with Crippen molar-refractivity contribution in [3.05, 3.63) is 52.8 Å². The summed E-state index contributed by atoms with van der Waals surface area (Å²) in [7, 11) is -1.77. The molecule has 3 aromatic rings. The number of H-pyrrole nitrogens is 1. The number of alkyl halides is 3. The minimum absolute atomic E-state index is 0.144. The monoisotopic (exact) mass is 621 g/mol. The van der Waals surface area contributed by atoms with E-state index >= 15 is 0 Å². The summed E-state index contributed by atoms with van der Waals surface area (Å²) in [5.41, 5.74) is -3.57. The van der Waals surface area contributed by atoms with Crippen LogP contribution in [0.4, 0.5) is 29.6 Å². The van der Waals surface area contributed by atoms with E-state index in [2.05, 4.69) is 36.6 Å². The maximum Gasteiger partial charge on any atom is 0.396 e. The minimum atomic E-state index is -4.73. The van der Waals surface area contributed by atoms with E-state index in [4.69, 9.17) is 4.43 Å². The predicted octanol–water partition coefficient (Wildman–Crippen LogP) is 4.63. The smallest absolute Gasteiger partial charge is 0.394 e. The SMILES string of the molecule is CC(C)C(NC(=O)Cn1c(-c2ccccc2)ccc(NC(=O)Nc2nn[nH]n2)c1=O)(O[Si](C)C)C(C(C)(C)C)C(F)(F)F. The van der Waals surface area contributed by atoms with Crippen LogP contribution in [-0.2, 0) is 15.8 Å². The van der Waals surface area contributed by atoms with Gasteiger partial charge in [0.15, 0.2) is 0 Å². The summed E-state index contributed by atoms with van der Waals surface area (Å²) < 4.78 is 51.3. The molecule has 0 bridgehead atoms. The summed E-state index contributed by atoms with van der Waals surface area (Å²) in [6.07, 6.45) is -4.73. The highest BCUT2D eigenvalue weighted by molar-refractivity contribution is 6.48. The number of carbonyl (C=O) groups excluding carboxylic acids is 2. The Kier molecular flexibility index (Phi) is 10.2. The zero-order valence-corrected chi connectivity index (χ0v) is 26.0. The second-order valence-corrected chi connectivity index (χ2v) is 13.6. The second-order valence-electron chi connectivity index (χ2n) is 11.6. The number of pyridine rings is 1. The molecule has 12 nitrogen and oxygen atoms in total. The van der Waals surface area contributed by atoms with E-state index in [1.165, 1.54) is 32.9 Å². The number of aromatic nitrogens is 5. The van der Waals surface area contributed by atoms with Gasteiger partial charge < -0.3 is 15.1 Å². The first kappa shape index (κ1) is 33.4. The number of halogens is 3. The number of hydrogen-bond acceptors (Lipinski definition) is 7. The fraction of sp³-hybridized carbons (Fsp3) is 0.481. The van der Waals surface area contributed by atoms with Crippen LogP contribution >= 0.6 is 0 Å². The molecule has 2 aromatic heterocycles. The van der Waals surface area contributed by atoms with Crippen LogP contribution in [-0.4, -0.2) is 58.1 Å². The lowest BCUT2D eigenvalue weighted by molar-refractivity contribution is -0.265. The highest BCUT2D eigenvalue weighted by atomic mass is 28.3. The summed E-state index contributed by atoms with van der Waals surface area (Å²) in [4.78, 5) is 39.8. The normalized spacial score (nSPS) is 14.3. The van der Waals surface area contributed by atoms with Gasteiger partial charge in [-0.15, -0.1) is 5.10 Å². The van der Waals surface area contributed by atoms with Gasteiger partial charge in [0.2, 0.25) is 14.9 Å². The molecule has 0 saturated heterocycles. The molecule has 43 heavy (non-hydrogen) atoms. The second kappa shape index (κ2) is 13.1. The molecule has 2 heterocycles. The number of carbonyl (C=O) groups is 2. The number of nitrogens with zero attached hydrogens (tertiary/aromatic N) is 4. The van der Waals surface area contributed by atoms with Crippen molar-refractivity contribution in [3.8, 4) is 11.3 Å². The lowest BCUT2D eigenvalue weighted by Gasteiger charge is -2.50. The van der Waals surface area contributed by atoms with E-state index in [9.17, 15) is 27.6 Å². The highest BCUT2D eigenvalue weighted by Gasteiger charge is 2.61. The van der Waals surface area contributed by atoms with E-state index < -0.39 is 62.2 Å². The van der Waals surface area contributed by atoms with E-state index in [0.717, 1.165) is 4.57 Å². The maximum absolute atomic E-state index is 14.7. The Morgan fingerprint density at radius 3 is 2.21 bits per heavy atom. The molecule has 0 spiro atoms. The number of hydrogen-bond donors (Lipinski definition) is 4. The lowest BCUT2D eigenvalue weighted by atomic mass is 9.70.